The highest BCUT2D eigenvalue weighted by atomic mass is 35.5. The van der Waals surface area contributed by atoms with Crippen LogP contribution in [0.5, 0.6) is 11.5 Å². The molecule has 2 aliphatic rings. The Hall–Kier alpha value is -2.98. The number of fused-ring (bicyclic) bond motifs is 1. The lowest BCUT2D eigenvalue weighted by Crippen LogP contribution is -2.46. The van der Waals surface area contributed by atoms with Gasteiger partial charge in [-0.25, -0.2) is 9.78 Å². The van der Waals surface area contributed by atoms with Gasteiger partial charge >= 0.3 is 6.03 Å². The summed E-state index contributed by atoms with van der Waals surface area (Å²) in [5, 5.41) is 6.67. The minimum Gasteiger partial charge on any atom is -0.495 e. The van der Waals surface area contributed by atoms with E-state index in [4.69, 9.17) is 32.7 Å². The van der Waals surface area contributed by atoms with Gasteiger partial charge in [0.1, 0.15) is 27.4 Å². The molecule has 182 valence electrons. The minimum absolute atomic E-state index is 0.0133. The van der Waals surface area contributed by atoms with Crippen LogP contribution in [0.2, 0.25) is 10.0 Å². The van der Waals surface area contributed by atoms with E-state index in [0.29, 0.717) is 28.8 Å². The van der Waals surface area contributed by atoms with Gasteiger partial charge in [0.2, 0.25) is 11.9 Å². The van der Waals surface area contributed by atoms with E-state index in [0.717, 1.165) is 19.3 Å². The lowest BCUT2D eigenvalue weighted by atomic mass is 10.1. The van der Waals surface area contributed by atoms with Crippen LogP contribution in [0.1, 0.15) is 31.7 Å². The number of hydrogen-bond donors (Lipinski definition) is 2. The second kappa shape index (κ2) is 9.71. The first-order valence-corrected chi connectivity index (χ1v) is 11.6. The summed E-state index contributed by atoms with van der Waals surface area (Å²) in [4.78, 5) is 36.7. The maximum absolute atomic E-state index is 13.3. The molecule has 4 rings (SSSR count). The molecule has 12 heteroatoms. The normalized spacial score (nSPS) is 19.6. The van der Waals surface area contributed by atoms with Gasteiger partial charge in [-0.3, -0.25) is 14.6 Å². The van der Waals surface area contributed by atoms with Crippen molar-refractivity contribution in [2.24, 2.45) is 0 Å². The molecule has 3 amide bonds. The number of rotatable bonds is 6. The van der Waals surface area contributed by atoms with Crippen molar-refractivity contribution < 1.29 is 19.1 Å². The molecule has 0 saturated heterocycles. The number of anilines is 3. The Kier molecular flexibility index (Phi) is 6.90. The van der Waals surface area contributed by atoms with Crippen LogP contribution in [0.4, 0.5) is 22.2 Å². The number of aromatic nitrogens is 2. The quantitative estimate of drug-likeness (QED) is 0.609. The van der Waals surface area contributed by atoms with E-state index >= 15 is 0 Å². The average Bonchev–Trinajstić information content (AvgIpc) is 3.23. The molecule has 2 aromatic rings. The van der Waals surface area contributed by atoms with E-state index in [1.54, 1.807) is 19.3 Å². The predicted molar refractivity (Wildman–Crippen MR) is 130 cm³/mol. The summed E-state index contributed by atoms with van der Waals surface area (Å²) in [5.41, 5.74) is 1.000. The summed E-state index contributed by atoms with van der Waals surface area (Å²) in [5.74, 6) is 1.48. The van der Waals surface area contributed by atoms with E-state index in [2.05, 4.69) is 20.6 Å². The molecule has 2 N–H and O–H groups in total. The van der Waals surface area contributed by atoms with Crippen molar-refractivity contribution in [1.82, 2.24) is 15.3 Å². The van der Waals surface area contributed by atoms with Crippen LogP contribution in [0.25, 0.3) is 0 Å². The van der Waals surface area contributed by atoms with Crippen LogP contribution in [0, 0.1) is 0 Å². The van der Waals surface area contributed by atoms with Crippen LogP contribution in [-0.2, 0) is 11.3 Å². The highest BCUT2D eigenvalue weighted by molar-refractivity contribution is 6.42. The van der Waals surface area contributed by atoms with Crippen molar-refractivity contribution in [2.75, 3.05) is 36.4 Å². The van der Waals surface area contributed by atoms with Gasteiger partial charge in [0.15, 0.2) is 0 Å². The fourth-order valence-corrected chi connectivity index (χ4v) is 5.10. The molecule has 10 nitrogen and oxygen atoms in total. The predicted octanol–water partition coefficient (Wildman–Crippen LogP) is 3.85. The first-order valence-electron chi connectivity index (χ1n) is 10.8. The van der Waals surface area contributed by atoms with E-state index in [9.17, 15) is 9.59 Å². The first-order chi connectivity index (χ1) is 16.2. The average molecular weight is 509 g/mol. The molecule has 0 unspecified atom stereocenters. The second-order valence-corrected chi connectivity index (χ2v) is 8.97. The van der Waals surface area contributed by atoms with Crippen molar-refractivity contribution in [1.29, 1.82) is 0 Å². The number of halogens is 2. The summed E-state index contributed by atoms with van der Waals surface area (Å²) < 4.78 is 10.7. The Bertz CT molecular complexity index is 1100. The molecule has 0 bridgehead atoms. The molecule has 1 aromatic carbocycles. The van der Waals surface area contributed by atoms with Gasteiger partial charge in [0, 0.05) is 43.9 Å². The van der Waals surface area contributed by atoms with Gasteiger partial charge in [0.05, 0.1) is 26.5 Å². The zero-order valence-corrected chi connectivity index (χ0v) is 20.8. The highest BCUT2D eigenvalue weighted by Gasteiger charge is 2.35. The number of hydrogen-bond acceptors (Lipinski definition) is 7. The van der Waals surface area contributed by atoms with Gasteiger partial charge in [0.25, 0.3) is 0 Å². The van der Waals surface area contributed by atoms with Gasteiger partial charge in [-0.05, 0) is 19.3 Å². The fourth-order valence-electron chi connectivity index (χ4n) is 4.40. The lowest BCUT2D eigenvalue weighted by molar-refractivity contribution is -0.119. The minimum atomic E-state index is -0.367. The lowest BCUT2D eigenvalue weighted by Gasteiger charge is -2.35. The summed E-state index contributed by atoms with van der Waals surface area (Å²) in [6.45, 7) is 1.67. The van der Waals surface area contributed by atoms with Crippen molar-refractivity contribution in [3.63, 3.8) is 0 Å². The molecule has 1 saturated carbocycles. The zero-order valence-electron chi connectivity index (χ0n) is 19.3. The highest BCUT2D eigenvalue weighted by Crippen LogP contribution is 2.47. The van der Waals surface area contributed by atoms with Crippen molar-refractivity contribution in [3.8, 4) is 11.5 Å². The molecular weight excluding hydrogens is 483 g/mol. The standard InChI is InChI=1S/C22H26Cl2N6O4/c1-11(31)26-13-6-5-7-14(13)27-21-25-9-12-10-30(22(32)29(2)20(12)28-21)19-17(23)15(33-3)8-16(34-4)18(19)24/h8-9,13-14H,5-7,10H2,1-4H3,(H,26,31)(H,25,27,28)/t13-,14+/m0/s1. The number of amides is 3. The summed E-state index contributed by atoms with van der Waals surface area (Å²) >= 11 is 13.1. The number of nitrogens with one attached hydrogen (secondary N) is 2. The fraction of sp³-hybridized carbons (Fsp3) is 0.455. The summed E-state index contributed by atoms with van der Waals surface area (Å²) in [6, 6.07) is 1.23. The van der Waals surface area contributed by atoms with E-state index in [1.165, 1.54) is 30.9 Å². The zero-order chi connectivity index (χ0) is 24.6. The van der Waals surface area contributed by atoms with E-state index in [1.807, 2.05) is 0 Å². The molecule has 2 atom stereocenters. The molecule has 1 aliphatic heterocycles. The third kappa shape index (κ3) is 4.39. The number of carbonyl (C=O) groups is 2. The van der Waals surface area contributed by atoms with Crippen molar-refractivity contribution >= 4 is 52.6 Å². The number of carbonyl (C=O) groups excluding carboxylic acids is 2. The summed E-state index contributed by atoms with van der Waals surface area (Å²) in [6.07, 6.45) is 4.44. The van der Waals surface area contributed by atoms with E-state index in [-0.39, 0.29) is 46.3 Å². The SMILES string of the molecule is COc1cc(OC)c(Cl)c(N2Cc3cnc(N[C@@H]4CCC[C@@H]4NC(C)=O)nc3N(C)C2=O)c1Cl. The van der Waals surface area contributed by atoms with Crippen LogP contribution >= 0.6 is 23.2 Å². The smallest absolute Gasteiger partial charge is 0.330 e. The maximum atomic E-state index is 13.3. The van der Waals surface area contributed by atoms with Gasteiger partial charge < -0.3 is 20.1 Å². The van der Waals surface area contributed by atoms with Gasteiger partial charge in [-0.15, -0.1) is 0 Å². The Balaban J connectivity index is 1.64. The number of ether oxygens (including phenoxy) is 2. The number of benzene rings is 1. The number of urea groups is 1. The third-order valence-corrected chi connectivity index (χ3v) is 6.78. The van der Waals surface area contributed by atoms with Crippen molar-refractivity contribution in [3.05, 3.63) is 27.9 Å². The summed E-state index contributed by atoms with van der Waals surface area (Å²) in [7, 11) is 4.57. The Morgan fingerprint density at radius 2 is 1.79 bits per heavy atom. The molecular formula is C22H26Cl2N6O4. The molecule has 1 fully saturated rings. The molecule has 0 spiro atoms. The third-order valence-electron chi connectivity index (χ3n) is 6.05. The molecule has 0 radical (unpaired) electrons. The Morgan fingerprint density at radius 3 is 2.41 bits per heavy atom. The van der Waals surface area contributed by atoms with Crippen LogP contribution in [0.15, 0.2) is 12.3 Å². The second-order valence-electron chi connectivity index (χ2n) is 8.22. The number of methoxy groups -OCH3 is 2. The first kappa shape index (κ1) is 24.2. The van der Waals surface area contributed by atoms with Crippen LogP contribution in [-0.4, -0.2) is 55.3 Å². The largest absolute Gasteiger partial charge is 0.495 e. The molecule has 2 heterocycles. The van der Waals surface area contributed by atoms with Crippen LogP contribution in [0.3, 0.4) is 0 Å². The topological polar surface area (TPSA) is 109 Å². The monoisotopic (exact) mass is 508 g/mol. The Labute approximate surface area is 207 Å². The van der Waals surface area contributed by atoms with Gasteiger partial charge in [-0.1, -0.05) is 23.2 Å². The van der Waals surface area contributed by atoms with Crippen LogP contribution < -0.4 is 29.9 Å². The maximum Gasteiger partial charge on any atom is 0.330 e. The van der Waals surface area contributed by atoms with Crippen molar-refractivity contribution in [2.45, 2.75) is 44.8 Å². The van der Waals surface area contributed by atoms with Gasteiger partial charge in [-0.2, -0.15) is 4.98 Å². The van der Waals surface area contributed by atoms with E-state index < -0.39 is 0 Å². The molecule has 1 aromatic heterocycles. The molecule has 34 heavy (non-hydrogen) atoms. The Morgan fingerprint density at radius 1 is 1.15 bits per heavy atom. The number of nitrogens with zero attached hydrogens (tertiary/aromatic N) is 4. The molecule has 1 aliphatic carbocycles.